The summed E-state index contributed by atoms with van der Waals surface area (Å²) >= 11 is 12.3. The molecule has 0 bridgehead atoms. The van der Waals surface area contributed by atoms with Gasteiger partial charge in [0.1, 0.15) is 11.9 Å². The van der Waals surface area contributed by atoms with Crippen molar-refractivity contribution in [2.75, 3.05) is 31.9 Å². The lowest BCUT2D eigenvalue weighted by atomic mass is 10.0. The highest BCUT2D eigenvalue weighted by Crippen LogP contribution is 2.37. The number of nitrogens with zero attached hydrogens (tertiary/aromatic N) is 2. The fourth-order valence-corrected chi connectivity index (χ4v) is 4.43. The summed E-state index contributed by atoms with van der Waals surface area (Å²) in [5.74, 6) is -0.128. The van der Waals surface area contributed by atoms with E-state index >= 15 is 0 Å². The van der Waals surface area contributed by atoms with Crippen molar-refractivity contribution in [3.63, 3.8) is 0 Å². The number of nitrogen functional groups attached to an aromatic ring is 1. The first-order valence-corrected chi connectivity index (χ1v) is 11.3. The summed E-state index contributed by atoms with van der Waals surface area (Å²) in [5.41, 5.74) is 8.47. The van der Waals surface area contributed by atoms with Crippen LogP contribution in [0.15, 0.2) is 48.7 Å². The average Bonchev–Trinajstić information content (AvgIpc) is 2.83. The molecule has 4 rings (SSSR count). The number of carbonyl (C=O) groups excluding carboxylic acids is 1. The van der Waals surface area contributed by atoms with Crippen molar-refractivity contribution in [3.8, 4) is 16.9 Å². The Bertz CT molecular complexity index is 1190. The minimum absolute atomic E-state index is 0.0118. The molecule has 3 N–H and O–H groups in total. The van der Waals surface area contributed by atoms with E-state index in [0.717, 1.165) is 24.2 Å². The Labute approximate surface area is 201 Å². The predicted octanol–water partition coefficient (Wildman–Crippen LogP) is 4.96. The van der Waals surface area contributed by atoms with Crippen LogP contribution in [0.4, 0.5) is 10.2 Å². The van der Waals surface area contributed by atoms with Crippen molar-refractivity contribution >= 4 is 34.9 Å². The summed E-state index contributed by atoms with van der Waals surface area (Å²) in [6.07, 6.45) is 0.935. The normalized spacial score (nSPS) is 14.7. The van der Waals surface area contributed by atoms with E-state index < -0.39 is 11.9 Å². The second kappa shape index (κ2) is 9.95. The van der Waals surface area contributed by atoms with Crippen LogP contribution in [0.5, 0.6) is 5.75 Å². The van der Waals surface area contributed by atoms with Crippen molar-refractivity contribution in [1.29, 1.82) is 0 Å². The molecular weight excluding hydrogens is 466 g/mol. The summed E-state index contributed by atoms with van der Waals surface area (Å²) < 4.78 is 19.9. The topological polar surface area (TPSA) is 80.5 Å². The summed E-state index contributed by atoms with van der Waals surface area (Å²) in [4.78, 5) is 19.0. The van der Waals surface area contributed by atoms with Gasteiger partial charge in [0.15, 0.2) is 11.6 Å². The smallest absolute Gasteiger partial charge is 0.253 e. The summed E-state index contributed by atoms with van der Waals surface area (Å²) in [6.45, 7) is 4.61. The number of piperazine rings is 1. The Morgan fingerprint density at radius 2 is 1.94 bits per heavy atom. The maximum absolute atomic E-state index is 13.9. The maximum atomic E-state index is 13.9. The number of amides is 1. The van der Waals surface area contributed by atoms with E-state index in [2.05, 4.69) is 10.3 Å². The van der Waals surface area contributed by atoms with Crippen LogP contribution in [0, 0.1) is 5.82 Å². The lowest BCUT2D eigenvalue weighted by Gasteiger charge is -2.27. The second-order valence-electron chi connectivity index (χ2n) is 7.75. The lowest BCUT2D eigenvalue weighted by Crippen LogP contribution is -2.46. The highest BCUT2D eigenvalue weighted by Gasteiger charge is 2.21. The average molecular weight is 489 g/mol. The Kier molecular flexibility index (Phi) is 7.02. The van der Waals surface area contributed by atoms with E-state index in [-0.39, 0.29) is 21.8 Å². The van der Waals surface area contributed by atoms with E-state index in [9.17, 15) is 9.18 Å². The number of aromatic nitrogens is 1. The molecule has 1 saturated heterocycles. The quantitative estimate of drug-likeness (QED) is 0.496. The number of halogens is 3. The summed E-state index contributed by atoms with van der Waals surface area (Å²) in [6, 6.07) is 11.7. The van der Waals surface area contributed by atoms with Gasteiger partial charge in [-0.1, -0.05) is 35.3 Å². The van der Waals surface area contributed by atoms with Gasteiger partial charge in [-0.2, -0.15) is 0 Å². The van der Waals surface area contributed by atoms with Crippen molar-refractivity contribution in [1.82, 2.24) is 15.2 Å². The van der Waals surface area contributed by atoms with Crippen LogP contribution in [-0.2, 0) is 0 Å². The first-order chi connectivity index (χ1) is 15.8. The molecule has 2 heterocycles. The molecule has 1 amide bonds. The molecule has 1 aliphatic rings. The zero-order valence-electron chi connectivity index (χ0n) is 17.9. The Morgan fingerprint density at radius 1 is 1.18 bits per heavy atom. The first kappa shape index (κ1) is 23.3. The molecule has 0 saturated carbocycles. The van der Waals surface area contributed by atoms with Crippen LogP contribution in [0.25, 0.3) is 11.1 Å². The number of pyridine rings is 1. The predicted molar refractivity (Wildman–Crippen MR) is 128 cm³/mol. The molecule has 1 unspecified atom stereocenters. The van der Waals surface area contributed by atoms with E-state index in [0.29, 0.717) is 30.0 Å². The fraction of sp³-hybridized carbons (Fsp3) is 0.250. The van der Waals surface area contributed by atoms with Crippen LogP contribution in [0.1, 0.15) is 28.9 Å². The number of ether oxygens (including phenoxy) is 1. The third kappa shape index (κ3) is 5.05. The minimum Gasteiger partial charge on any atom is -0.482 e. The monoisotopic (exact) mass is 488 g/mol. The first-order valence-electron chi connectivity index (χ1n) is 10.5. The van der Waals surface area contributed by atoms with E-state index in [1.165, 1.54) is 12.1 Å². The van der Waals surface area contributed by atoms with E-state index in [4.69, 9.17) is 33.7 Å². The van der Waals surface area contributed by atoms with Gasteiger partial charge in [0.25, 0.3) is 5.91 Å². The molecule has 1 atom stereocenters. The summed E-state index contributed by atoms with van der Waals surface area (Å²) in [7, 11) is 0. The van der Waals surface area contributed by atoms with Gasteiger partial charge in [0.2, 0.25) is 0 Å². The molecule has 1 aliphatic heterocycles. The Hall–Kier alpha value is -2.87. The fourth-order valence-electron chi connectivity index (χ4n) is 3.75. The van der Waals surface area contributed by atoms with Crippen LogP contribution < -0.4 is 15.8 Å². The molecule has 1 aromatic heterocycles. The number of hydrogen-bond donors (Lipinski definition) is 2. The van der Waals surface area contributed by atoms with Crippen LogP contribution in [0.2, 0.25) is 10.0 Å². The zero-order valence-corrected chi connectivity index (χ0v) is 19.5. The summed E-state index contributed by atoms with van der Waals surface area (Å²) in [5, 5.41) is 3.43. The molecule has 1 fully saturated rings. The lowest BCUT2D eigenvalue weighted by molar-refractivity contribution is 0.0736. The third-order valence-corrected chi connectivity index (χ3v) is 6.23. The van der Waals surface area contributed by atoms with Gasteiger partial charge in [-0.05, 0) is 42.8 Å². The van der Waals surface area contributed by atoms with Gasteiger partial charge in [0.05, 0.1) is 5.02 Å². The number of nitrogens with two attached hydrogens (primary N) is 1. The highest BCUT2D eigenvalue weighted by atomic mass is 35.5. The molecule has 33 heavy (non-hydrogen) atoms. The number of anilines is 1. The van der Waals surface area contributed by atoms with E-state index in [1.807, 2.05) is 23.1 Å². The molecule has 0 spiro atoms. The molecule has 0 aliphatic carbocycles. The van der Waals surface area contributed by atoms with Gasteiger partial charge in [-0.25, -0.2) is 9.37 Å². The van der Waals surface area contributed by atoms with Crippen molar-refractivity contribution in [3.05, 3.63) is 75.7 Å². The number of nitrogens with one attached hydrogen (secondary N) is 1. The van der Waals surface area contributed by atoms with Crippen LogP contribution in [0.3, 0.4) is 0 Å². The van der Waals surface area contributed by atoms with Crippen molar-refractivity contribution in [2.45, 2.75) is 13.0 Å². The number of carbonyl (C=O) groups is 1. The van der Waals surface area contributed by atoms with Crippen molar-refractivity contribution < 1.29 is 13.9 Å². The molecule has 2 aromatic carbocycles. The minimum atomic E-state index is -0.680. The largest absolute Gasteiger partial charge is 0.482 e. The maximum Gasteiger partial charge on any atom is 0.253 e. The van der Waals surface area contributed by atoms with Gasteiger partial charge in [0, 0.05) is 54.1 Å². The molecule has 9 heteroatoms. The molecule has 172 valence electrons. The van der Waals surface area contributed by atoms with Gasteiger partial charge >= 0.3 is 0 Å². The van der Waals surface area contributed by atoms with Gasteiger partial charge in [-0.3, -0.25) is 4.79 Å². The van der Waals surface area contributed by atoms with Crippen molar-refractivity contribution in [2.24, 2.45) is 0 Å². The molecular formula is C24H23Cl2FN4O2. The molecule has 3 aromatic rings. The SMILES string of the molecule is CC(Oc1cc(-c2cccc(C(=O)N3CCNCC3)c2)cnc1N)c1c(Cl)ccc(F)c1Cl. The zero-order chi connectivity index (χ0) is 23.5. The van der Waals surface area contributed by atoms with Gasteiger partial charge < -0.3 is 20.7 Å². The van der Waals surface area contributed by atoms with Gasteiger partial charge in [-0.15, -0.1) is 0 Å². The van der Waals surface area contributed by atoms with E-state index in [1.54, 1.807) is 25.3 Å². The Morgan fingerprint density at radius 3 is 2.70 bits per heavy atom. The molecule has 6 nitrogen and oxygen atoms in total. The number of benzene rings is 2. The Balaban J connectivity index is 1.60. The van der Waals surface area contributed by atoms with Crippen LogP contribution in [-0.4, -0.2) is 42.0 Å². The number of hydrogen-bond acceptors (Lipinski definition) is 5. The standard InChI is InChI=1S/C24H23Cl2FN4O2/c1-14(21-18(25)5-6-19(27)22(21)26)33-20-12-17(13-30-23(20)28)15-3-2-4-16(11-15)24(32)31-9-7-29-8-10-31/h2-6,11-14,29H,7-10H2,1H3,(H2,28,30). The number of rotatable bonds is 5. The highest BCUT2D eigenvalue weighted by molar-refractivity contribution is 6.36. The third-order valence-electron chi connectivity index (χ3n) is 5.52. The molecule has 0 radical (unpaired) electrons. The van der Waals surface area contributed by atoms with Crippen LogP contribution >= 0.6 is 23.2 Å². The second-order valence-corrected chi connectivity index (χ2v) is 8.53.